The summed E-state index contributed by atoms with van der Waals surface area (Å²) in [5, 5.41) is 14.2. The number of rotatable bonds is 5. The third kappa shape index (κ3) is 4.67. The minimum Gasteiger partial charge on any atom is -0.391 e. The van der Waals surface area contributed by atoms with Crippen LogP contribution in [0.1, 0.15) is 19.8 Å². The zero-order chi connectivity index (χ0) is 13.5. The molecule has 18 heavy (non-hydrogen) atoms. The molecule has 1 rings (SSSR count). The number of benzene rings is 1. The number of hydrogen-bond acceptors (Lipinski definition) is 2. The van der Waals surface area contributed by atoms with Crippen molar-refractivity contribution in [3.63, 3.8) is 0 Å². The predicted molar refractivity (Wildman–Crippen MR) is 64.3 cm³/mol. The lowest BCUT2D eigenvalue weighted by Crippen LogP contribution is -2.35. The Bertz CT molecular complexity index is 413. The lowest BCUT2D eigenvalue weighted by molar-refractivity contribution is 0.162. The molecule has 0 saturated heterocycles. The second kappa shape index (κ2) is 6.90. The molecule has 0 bridgehead atoms. The van der Waals surface area contributed by atoms with Crippen molar-refractivity contribution < 1.29 is 18.7 Å². The molecule has 0 radical (unpaired) electrons. The number of aliphatic hydroxyl groups excluding tert-OH is 1. The Morgan fingerprint density at radius 1 is 1.39 bits per heavy atom. The Kier molecular flexibility index (Phi) is 5.51. The molecular formula is C12H16F2N2O2. The highest BCUT2D eigenvalue weighted by molar-refractivity contribution is 5.89. The molecule has 1 unspecified atom stereocenters. The normalized spacial score (nSPS) is 12.0. The van der Waals surface area contributed by atoms with Crippen molar-refractivity contribution in [2.45, 2.75) is 25.9 Å². The summed E-state index contributed by atoms with van der Waals surface area (Å²) in [4.78, 5) is 11.4. The monoisotopic (exact) mass is 258 g/mol. The highest BCUT2D eigenvalue weighted by Crippen LogP contribution is 2.12. The SMILES string of the molecule is CCCC(O)CNC(=O)Nc1ccc(F)c(F)c1. The number of halogens is 2. The fraction of sp³-hybridized carbons (Fsp3) is 0.417. The van der Waals surface area contributed by atoms with E-state index in [-0.39, 0.29) is 12.2 Å². The first kappa shape index (κ1) is 14.4. The number of amides is 2. The Balaban J connectivity index is 2.42. The Morgan fingerprint density at radius 3 is 2.72 bits per heavy atom. The zero-order valence-electron chi connectivity index (χ0n) is 10.0. The Hall–Kier alpha value is -1.69. The Morgan fingerprint density at radius 2 is 2.11 bits per heavy atom. The van der Waals surface area contributed by atoms with Gasteiger partial charge in [-0.25, -0.2) is 13.6 Å². The minimum atomic E-state index is -1.03. The van der Waals surface area contributed by atoms with E-state index in [2.05, 4.69) is 10.6 Å². The van der Waals surface area contributed by atoms with Gasteiger partial charge in [0.05, 0.1) is 6.10 Å². The quantitative estimate of drug-likeness (QED) is 0.758. The Labute approximate surface area is 104 Å². The lowest BCUT2D eigenvalue weighted by atomic mass is 10.2. The van der Waals surface area contributed by atoms with E-state index in [0.717, 1.165) is 18.6 Å². The number of carbonyl (C=O) groups is 1. The summed E-state index contributed by atoms with van der Waals surface area (Å²) in [5.41, 5.74) is 0.149. The van der Waals surface area contributed by atoms with Gasteiger partial charge < -0.3 is 15.7 Å². The molecule has 1 aromatic carbocycles. The number of urea groups is 1. The van der Waals surface area contributed by atoms with Crippen LogP contribution in [0.15, 0.2) is 18.2 Å². The van der Waals surface area contributed by atoms with Gasteiger partial charge >= 0.3 is 6.03 Å². The minimum absolute atomic E-state index is 0.114. The van der Waals surface area contributed by atoms with Gasteiger partial charge in [0.1, 0.15) is 0 Å². The molecule has 0 saturated carbocycles. The molecule has 0 aromatic heterocycles. The molecule has 4 nitrogen and oxygen atoms in total. The average Bonchev–Trinajstić information content (AvgIpc) is 2.32. The molecule has 0 aliphatic rings. The van der Waals surface area contributed by atoms with Gasteiger partial charge in [0, 0.05) is 18.3 Å². The molecule has 0 spiro atoms. The van der Waals surface area contributed by atoms with Gasteiger partial charge in [-0.15, -0.1) is 0 Å². The van der Waals surface area contributed by atoms with Crippen LogP contribution in [0.2, 0.25) is 0 Å². The lowest BCUT2D eigenvalue weighted by Gasteiger charge is -2.11. The standard InChI is InChI=1S/C12H16F2N2O2/c1-2-3-9(17)7-15-12(18)16-8-4-5-10(13)11(14)6-8/h4-6,9,17H,2-3,7H2,1H3,(H2,15,16,18). The number of nitrogens with one attached hydrogen (secondary N) is 2. The average molecular weight is 258 g/mol. The predicted octanol–water partition coefficient (Wildman–Crippen LogP) is 2.25. The molecule has 0 fully saturated rings. The largest absolute Gasteiger partial charge is 0.391 e. The van der Waals surface area contributed by atoms with Gasteiger partial charge in [-0.2, -0.15) is 0 Å². The molecule has 6 heteroatoms. The highest BCUT2D eigenvalue weighted by atomic mass is 19.2. The van der Waals surface area contributed by atoms with Crippen LogP contribution in [0, 0.1) is 11.6 Å². The number of aliphatic hydroxyl groups is 1. The fourth-order valence-electron chi connectivity index (χ4n) is 1.39. The number of anilines is 1. The van der Waals surface area contributed by atoms with Gasteiger partial charge in [-0.3, -0.25) is 0 Å². The fourth-order valence-corrected chi connectivity index (χ4v) is 1.39. The van der Waals surface area contributed by atoms with Gasteiger partial charge in [0.15, 0.2) is 11.6 Å². The molecule has 0 aliphatic heterocycles. The van der Waals surface area contributed by atoms with Crippen LogP contribution in [-0.2, 0) is 0 Å². The van der Waals surface area contributed by atoms with E-state index >= 15 is 0 Å². The summed E-state index contributed by atoms with van der Waals surface area (Å²) in [6.07, 6.45) is 0.796. The maximum atomic E-state index is 12.9. The van der Waals surface area contributed by atoms with E-state index in [1.165, 1.54) is 6.07 Å². The molecular weight excluding hydrogens is 242 g/mol. The smallest absolute Gasteiger partial charge is 0.319 e. The van der Waals surface area contributed by atoms with Crippen molar-refractivity contribution >= 4 is 11.7 Å². The van der Waals surface area contributed by atoms with Crippen LogP contribution in [0.3, 0.4) is 0 Å². The van der Waals surface area contributed by atoms with Crippen LogP contribution in [0.25, 0.3) is 0 Å². The molecule has 100 valence electrons. The highest BCUT2D eigenvalue weighted by Gasteiger charge is 2.08. The van der Waals surface area contributed by atoms with Gasteiger partial charge in [0.25, 0.3) is 0 Å². The van der Waals surface area contributed by atoms with Crippen LogP contribution >= 0.6 is 0 Å². The number of hydrogen-bond donors (Lipinski definition) is 3. The summed E-state index contributed by atoms with van der Waals surface area (Å²) in [6, 6.07) is 2.49. The van der Waals surface area contributed by atoms with Crippen molar-refractivity contribution in [1.29, 1.82) is 0 Å². The summed E-state index contributed by atoms with van der Waals surface area (Å²) in [7, 11) is 0. The van der Waals surface area contributed by atoms with Crippen molar-refractivity contribution in [3.8, 4) is 0 Å². The van der Waals surface area contributed by atoms with Crippen molar-refractivity contribution in [2.24, 2.45) is 0 Å². The van der Waals surface area contributed by atoms with E-state index in [4.69, 9.17) is 0 Å². The summed E-state index contributed by atoms with van der Waals surface area (Å²) in [5.74, 6) is -2.00. The summed E-state index contributed by atoms with van der Waals surface area (Å²) < 4.78 is 25.5. The topological polar surface area (TPSA) is 61.4 Å². The third-order valence-electron chi connectivity index (χ3n) is 2.30. The molecule has 1 aromatic rings. The van der Waals surface area contributed by atoms with Crippen molar-refractivity contribution in [3.05, 3.63) is 29.8 Å². The molecule has 2 amide bonds. The summed E-state index contributed by atoms with van der Waals surface area (Å²) in [6.45, 7) is 2.04. The van der Waals surface area contributed by atoms with Crippen molar-refractivity contribution in [1.82, 2.24) is 5.32 Å². The van der Waals surface area contributed by atoms with E-state index < -0.39 is 23.8 Å². The molecule has 3 N–H and O–H groups in total. The summed E-state index contributed by atoms with van der Waals surface area (Å²) >= 11 is 0. The van der Waals surface area contributed by atoms with E-state index in [0.29, 0.717) is 6.42 Å². The zero-order valence-corrected chi connectivity index (χ0v) is 10.0. The maximum Gasteiger partial charge on any atom is 0.319 e. The van der Waals surface area contributed by atoms with E-state index in [9.17, 15) is 18.7 Å². The molecule has 0 heterocycles. The maximum absolute atomic E-state index is 12.9. The first-order valence-corrected chi connectivity index (χ1v) is 5.71. The first-order valence-electron chi connectivity index (χ1n) is 5.71. The van der Waals surface area contributed by atoms with Gasteiger partial charge in [0.2, 0.25) is 0 Å². The van der Waals surface area contributed by atoms with E-state index in [1.54, 1.807) is 0 Å². The second-order valence-electron chi connectivity index (χ2n) is 3.91. The first-order chi connectivity index (χ1) is 8.52. The third-order valence-corrected chi connectivity index (χ3v) is 2.30. The van der Waals surface area contributed by atoms with Crippen LogP contribution in [-0.4, -0.2) is 23.8 Å². The molecule has 1 atom stereocenters. The van der Waals surface area contributed by atoms with Crippen LogP contribution < -0.4 is 10.6 Å². The van der Waals surface area contributed by atoms with Gasteiger partial charge in [-0.1, -0.05) is 13.3 Å². The van der Waals surface area contributed by atoms with E-state index in [1.807, 2.05) is 6.92 Å². The van der Waals surface area contributed by atoms with Crippen molar-refractivity contribution in [2.75, 3.05) is 11.9 Å². The number of carbonyl (C=O) groups excluding carboxylic acids is 1. The van der Waals surface area contributed by atoms with Gasteiger partial charge in [-0.05, 0) is 18.6 Å². The van der Waals surface area contributed by atoms with Crippen LogP contribution in [0.4, 0.5) is 19.3 Å². The van der Waals surface area contributed by atoms with Crippen LogP contribution in [0.5, 0.6) is 0 Å². The molecule has 0 aliphatic carbocycles. The second-order valence-corrected chi connectivity index (χ2v) is 3.91.